The summed E-state index contributed by atoms with van der Waals surface area (Å²) in [6, 6.07) is 11.8. The maximum absolute atomic E-state index is 13.8. The third-order valence-electron chi connectivity index (χ3n) is 3.03. The zero-order valence-electron chi connectivity index (χ0n) is 10.7. The summed E-state index contributed by atoms with van der Waals surface area (Å²) in [5.41, 5.74) is 0.410. The molecule has 0 N–H and O–H groups in total. The van der Waals surface area contributed by atoms with E-state index in [0.717, 1.165) is 0 Å². The quantitative estimate of drug-likeness (QED) is 0.627. The van der Waals surface area contributed by atoms with E-state index in [0.29, 0.717) is 0 Å². The molecule has 1 aliphatic rings. The largest absolute Gasteiger partial charge is 0.368 e. The van der Waals surface area contributed by atoms with Crippen molar-refractivity contribution in [2.75, 3.05) is 0 Å². The summed E-state index contributed by atoms with van der Waals surface area (Å²) in [5.74, 6) is -1.76. The van der Waals surface area contributed by atoms with Gasteiger partial charge in [0.1, 0.15) is 17.3 Å². The van der Waals surface area contributed by atoms with Crippen LogP contribution in [0.25, 0.3) is 6.08 Å². The normalized spacial score (nSPS) is 16.0. The molecule has 0 saturated heterocycles. The lowest BCUT2D eigenvalue weighted by Crippen LogP contribution is -2.08. The van der Waals surface area contributed by atoms with Gasteiger partial charge in [0.05, 0.1) is 5.57 Å². The summed E-state index contributed by atoms with van der Waals surface area (Å²) in [5, 5.41) is 3.59. The Kier molecular flexibility index (Phi) is 3.31. The van der Waals surface area contributed by atoms with E-state index in [1.165, 1.54) is 42.5 Å². The van der Waals surface area contributed by atoms with Crippen molar-refractivity contribution in [1.29, 1.82) is 0 Å². The van der Waals surface area contributed by atoms with Crippen LogP contribution in [-0.4, -0.2) is 11.7 Å². The Morgan fingerprint density at radius 3 is 2.33 bits per heavy atom. The minimum Gasteiger partial charge on any atom is -0.312 e. The number of hydrogen-bond acceptors (Lipinski definition) is 3. The summed E-state index contributed by atoms with van der Waals surface area (Å²) >= 11 is 0. The summed E-state index contributed by atoms with van der Waals surface area (Å²) in [6.07, 6.45) is 1.30. The molecule has 2 aromatic carbocycles. The second kappa shape index (κ2) is 5.28. The highest BCUT2D eigenvalue weighted by Gasteiger charge is 2.28. The first kappa shape index (κ1) is 13.2. The number of halogens is 2. The number of hydrogen-bond donors (Lipinski definition) is 0. The summed E-state index contributed by atoms with van der Waals surface area (Å²) in [4.78, 5) is 16.3. The molecule has 21 heavy (non-hydrogen) atoms. The maximum atomic E-state index is 13.8. The van der Waals surface area contributed by atoms with Gasteiger partial charge in [0.2, 0.25) is 0 Å². The van der Waals surface area contributed by atoms with Crippen LogP contribution in [0, 0.1) is 11.6 Å². The van der Waals surface area contributed by atoms with E-state index in [4.69, 9.17) is 0 Å². The number of oxime groups is 1. The van der Waals surface area contributed by atoms with Gasteiger partial charge in [-0.3, -0.25) is 0 Å². The monoisotopic (exact) mass is 285 g/mol. The molecule has 1 heterocycles. The molecule has 0 bridgehead atoms. The molecule has 2 aromatic rings. The summed E-state index contributed by atoms with van der Waals surface area (Å²) in [7, 11) is 0. The van der Waals surface area contributed by atoms with Gasteiger partial charge in [0, 0.05) is 11.1 Å². The minimum atomic E-state index is -0.739. The lowest BCUT2D eigenvalue weighted by molar-refractivity contribution is -0.136. The van der Waals surface area contributed by atoms with Gasteiger partial charge < -0.3 is 4.84 Å². The van der Waals surface area contributed by atoms with Crippen LogP contribution in [0.5, 0.6) is 0 Å². The molecule has 0 amide bonds. The average molecular weight is 285 g/mol. The SMILES string of the molecule is O=C1ON=C(c2ccccc2F)C1=Cc1ccccc1F. The van der Waals surface area contributed by atoms with Crippen LogP contribution in [0.3, 0.4) is 0 Å². The Morgan fingerprint density at radius 1 is 0.952 bits per heavy atom. The lowest BCUT2D eigenvalue weighted by Gasteiger charge is -2.02. The summed E-state index contributed by atoms with van der Waals surface area (Å²) < 4.78 is 27.5. The van der Waals surface area contributed by atoms with E-state index in [2.05, 4.69) is 9.99 Å². The molecule has 0 saturated carbocycles. The molecular weight excluding hydrogens is 276 g/mol. The highest BCUT2D eigenvalue weighted by molar-refractivity contribution is 6.31. The van der Waals surface area contributed by atoms with Crippen LogP contribution in [-0.2, 0) is 9.63 Å². The van der Waals surface area contributed by atoms with Crippen LogP contribution in [0.15, 0.2) is 59.3 Å². The van der Waals surface area contributed by atoms with Gasteiger partial charge in [-0.25, -0.2) is 13.6 Å². The molecular formula is C16H9F2NO2. The van der Waals surface area contributed by atoms with Gasteiger partial charge in [-0.2, -0.15) is 0 Å². The molecule has 3 nitrogen and oxygen atoms in total. The average Bonchev–Trinajstić information content (AvgIpc) is 2.83. The van der Waals surface area contributed by atoms with E-state index in [1.807, 2.05) is 0 Å². The molecule has 1 aliphatic heterocycles. The van der Waals surface area contributed by atoms with Crippen molar-refractivity contribution >= 4 is 17.8 Å². The Hall–Kier alpha value is -2.82. The van der Waals surface area contributed by atoms with E-state index in [-0.39, 0.29) is 22.4 Å². The van der Waals surface area contributed by atoms with Crippen LogP contribution in [0.4, 0.5) is 8.78 Å². The van der Waals surface area contributed by atoms with Crippen molar-refractivity contribution in [2.24, 2.45) is 5.16 Å². The number of rotatable bonds is 2. The van der Waals surface area contributed by atoms with E-state index in [1.54, 1.807) is 12.1 Å². The first-order valence-corrected chi connectivity index (χ1v) is 6.17. The Bertz CT molecular complexity index is 781. The number of carbonyl (C=O) groups excluding carboxylic acids is 1. The van der Waals surface area contributed by atoms with Crippen molar-refractivity contribution in [3.05, 3.63) is 76.9 Å². The highest BCUT2D eigenvalue weighted by atomic mass is 19.1. The van der Waals surface area contributed by atoms with E-state index >= 15 is 0 Å². The molecule has 0 unspecified atom stereocenters. The topological polar surface area (TPSA) is 38.7 Å². The van der Waals surface area contributed by atoms with Crippen molar-refractivity contribution in [1.82, 2.24) is 0 Å². The van der Waals surface area contributed by atoms with Crippen molar-refractivity contribution < 1.29 is 18.4 Å². The van der Waals surface area contributed by atoms with Crippen LogP contribution in [0.2, 0.25) is 0 Å². The second-order valence-electron chi connectivity index (χ2n) is 4.38. The predicted octanol–water partition coefficient (Wildman–Crippen LogP) is 3.31. The van der Waals surface area contributed by atoms with Crippen LogP contribution >= 0.6 is 0 Å². The molecule has 0 spiro atoms. The molecule has 3 rings (SSSR count). The Morgan fingerprint density at radius 2 is 1.62 bits per heavy atom. The Balaban J connectivity index is 2.09. The fourth-order valence-corrected chi connectivity index (χ4v) is 2.00. The third-order valence-corrected chi connectivity index (χ3v) is 3.03. The van der Waals surface area contributed by atoms with Gasteiger partial charge in [-0.05, 0) is 24.3 Å². The molecule has 0 aromatic heterocycles. The lowest BCUT2D eigenvalue weighted by atomic mass is 10.00. The predicted molar refractivity (Wildman–Crippen MR) is 73.4 cm³/mol. The first-order chi connectivity index (χ1) is 10.2. The zero-order chi connectivity index (χ0) is 14.8. The van der Waals surface area contributed by atoms with Crippen molar-refractivity contribution in [3.8, 4) is 0 Å². The maximum Gasteiger partial charge on any atom is 0.368 e. The van der Waals surface area contributed by atoms with Gasteiger partial charge >= 0.3 is 5.97 Å². The molecule has 0 radical (unpaired) electrons. The third kappa shape index (κ3) is 2.45. The van der Waals surface area contributed by atoms with E-state index < -0.39 is 17.6 Å². The molecule has 104 valence electrons. The smallest absolute Gasteiger partial charge is 0.312 e. The molecule has 5 heteroatoms. The zero-order valence-corrected chi connectivity index (χ0v) is 10.7. The summed E-state index contributed by atoms with van der Waals surface area (Å²) in [6.45, 7) is 0. The van der Waals surface area contributed by atoms with Gasteiger partial charge in [0.15, 0.2) is 0 Å². The van der Waals surface area contributed by atoms with E-state index in [9.17, 15) is 13.6 Å². The molecule has 0 fully saturated rings. The number of nitrogens with zero attached hydrogens (tertiary/aromatic N) is 1. The van der Waals surface area contributed by atoms with Gasteiger partial charge in [0.25, 0.3) is 0 Å². The minimum absolute atomic E-state index is 0.0187. The Labute approximate surface area is 119 Å². The standard InChI is InChI=1S/C16H9F2NO2/c17-13-7-3-1-5-10(13)9-12-15(19-21-16(12)20)11-6-2-4-8-14(11)18/h1-9H. The van der Waals surface area contributed by atoms with Crippen molar-refractivity contribution in [2.45, 2.75) is 0 Å². The van der Waals surface area contributed by atoms with Crippen LogP contribution < -0.4 is 0 Å². The highest BCUT2D eigenvalue weighted by Crippen LogP contribution is 2.23. The second-order valence-corrected chi connectivity index (χ2v) is 4.38. The fraction of sp³-hybridized carbons (Fsp3) is 0. The molecule has 0 aliphatic carbocycles. The van der Waals surface area contributed by atoms with Crippen molar-refractivity contribution in [3.63, 3.8) is 0 Å². The number of benzene rings is 2. The first-order valence-electron chi connectivity index (χ1n) is 6.17. The van der Waals surface area contributed by atoms with Gasteiger partial charge in [-0.15, -0.1) is 0 Å². The fourth-order valence-electron chi connectivity index (χ4n) is 2.00. The number of carbonyl (C=O) groups is 1. The van der Waals surface area contributed by atoms with Crippen LogP contribution in [0.1, 0.15) is 11.1 Å². The van der Waals surface area contributed by atoms with Gasteiger partial charge in [-0.1, -0.05) is 35.5 Å². The molecule has 0 atom stereocenters.